The lowest BCUT2D eigenvalue weighted by molar-refractivity contribution is -0.136. The van der Waals surface area contributed by atoms with E-state index in [1.807, 2.05) is 0 Å². The van der Waals surface area contributed by atoms with Crippen molar-refractivity contribution in [2.24, 2.45) is 0 Å². The standard InChI is InChI=1S/C14H17F3N2O2/c1-9(12-7-4-8-21-12)18-13(20)19-11-6-3-2-5-10(11)14(15,16)17/h2-3,5-6,9,12H,4,7-8H2,1H3,(H2,18,19,20)/t9-,12+/m1/s1. The monoisotopic (exact) mass is 302 g/mol. The van der Waals surface area contributed by atoms with Gasteiger partial charge < -0.3 is 15.4 Å². The van der Waals surface area contributed by atoms with E-state index in [1.54, 1.807) is 6.92 Å². The number of urea groups is 1. The number of amides is 2. The first-order valence-corrected chi connectivity index (χ1v) is 6.73. The largest absolute Gasteiger partial charge is 0.418 e. The zero-order valence-corrected chi connectivity index (χ0v) is 11.5. The van der Waals surface area contributed by atoms with E-state index in [4.69, 9.17) is 4.74 Å². The van der Waals surface area contributed by atoms with E-state index in [0.29, 0.717) is 6.61 Å². The summed E-state index contributed by atoms with van der Waals surface area (Å²) in [6.45, 7) is 2.42. The van der Waals surface area contributed by atoms with Gasteiger partial charge in [-0.2, -0.15) is 13.2 Å². The quantitative estimate of drug-likeness (QED) is 0.899. The third kappa shape index (κ3) is 4.10. The van der Waals surface area contributed by atoms with Crippen molar-refractivity contribution in [1.82, 2.24) is 5.32 Å². The zero-order valence-electron chi connectivity index (χ0n) is 11.5. The third-order valence-corrected chi connectivity index (χ3v) is 3.36. The Balaban J connectivity index is 1.99. The Labute approximate surface area is 120 Å². The second-order valence-corrected chi connectivity index (χ2v) is 4.98. The van der Waals surface area contributed by atoms with E-state index in [2.05, 4.69) is 10.6 Å². The molecule has 1 aromatic rings. The lowest BCUT2D eigenvalue weighted by atomic mass is 10.1. The molecule has 0 radical (unpaired) electrons. The minimum atomic E-state index is -4.51. The predicted molar refractivity (Wildman–Crippen MR) is 72.0 cm³/mol. The van der Waals surface area contributed by atoms with Crippen molar-refractivity contribution in [2.75, 3.05) is 11.9 Å². The molecule has 1 saturated heterocycles. The molecule has 1 aliphatic rings. The maximum absolute atomic E-state index is 12.8. The molecule has 1 fully saturated rings. The molecule has 2 rings (SSSR count). The lowest BCUT2D eigenvalue weighted by Gasteiger charge is -2.21. The molecule has 7 heteroatoms. The van der Waals surface area contributed by atoms with Gasteiger partial charge in [0.25, 0.3) is 0 Å². The molecule has 1 aromatic carbocycles. The van der Waals surface area contributed by atoms with Gasteiger partial charge in [-0.25, -0.2) is 4.79 Å². The molecule has 0 aliphatic carbocycles. The lowest BCUT2D eigenvalue weighted by Crippen LogP contribution is -2.43. The van der Waals surface area contributed by atoms with Crippen LogP contribution in [0.4, 0.5) is 23.7 Å². The average Bonchev–Trinajstić information content (AvgIpc) is 2.91. The van der Waals surface area contributed by atoms with Gasteiger partial charge in [0.1, 0.15) is 0 Å². The normalized spacial score (nSPS) is 20.1. The minimum absolute atomic E-state index is 0.0893. The molecule has 2 atom stereocenters. The highest BCUT2D eigenvalue weighted by Gasteiger charge is 2.33. The number of halogens is 3. The van der Waals surface area contributed by atoms with Crippen LogP contribution in [0.5, 0.6) is 0 Å². The fraction of sp³-hybridized carbons (Fsp3) is 0.500. The van der Waals surface area contributed by atoms with Crippen LogP contribution in [0.3, 0.4) is 0 Å². The van der Waals surface area contributed by atoms with Gasteiger partial charge in [-0.15, -0.1) is 0 Å². The van der Waals surface area contributed by atoms with Crippen LogP contribution in [-0.4, -0.2) is 24.8 Å². The topological polar surface area (TPSA) is 50.4 Å². The summed E-state index contributed by atoms with van der Waals surface area (Å²) in [5.74, 6) is 0. The number of hydrogen-bond acceptors (Lipinski definition) is 2. The van der Waals surface area contributed by atoms with Gasteiger partial charge in [0, 0.05) is 6.61 Å². The molecule has 1 aliphatic heterocycles. The molecule has 0 unspecified atom stereocenters. The van der Waals surface area contributed by atoms with Crippen LogP contribution in [-0.2, 0) is 10.9 Å². The number of benzene rings is 1. The van der Waals surface area contributed by atoms with Crippen molar-refractivity contribution >= 4 is 11.7 Å². The number of alkyl halides is 3. The molecule has 116 valence electrons. The molecule has 1 heterocycles. The Morgan fingerprint density at radius 2 is 2.10 bits per heavy atom. The van der Waals surface area contributed by atoms with Crippen molar-refractivity contribution in [3.63, 3.8) is 0 Å². The van der Waals surface area contributed by atoms with Gasteiger partial charge >= 0.3 is 12.2 Å². The van der Waals surface area contributed by atoms with E-state index in [-0.39, 0.29) is 17.8 Å². The Kier molecular flexibility index (Phi) is 4.72. The number of anilines is 1. The van der Waals surface area contributed by atoms with Crippen molar-refractivity contribution in [3.8, 4) is 0 Å². The molecular weight excluding hydrogens is 285 g/mol. The Hall–Kier alpha value is -1.76. The molecular formula is C14H17F3N2O2. The maximum Gasteiger partial charge on any atom is 0.418 e. The first-order chi connectivity index (χ1) is 9.88. The van der Waals surface area contributed by atoms with Crippen LogP contribution >= 0.6 is 0 Å². The van der Waals surface area contributed by atoms with Crippen LogP contribution in [0.2, 0.25) is 0 Å². The van der Waals surface area contributed by atoms with E-state index >= 15 is 0 Å². The van der Waals surface area contributed by atoms with Crippen molar-refractivity contribution in [2.45, 2.75) is 38.1 Å². The van der Waals surface area contributed by atoms with Crippen LogP contribution < -0.4 is 10.6 Å². The first-order valence-electron chi connectivity index (χ1n) is 6.73. The van der Waals surface area contributed by atoms with Gasteiger partial charge in [-0.3, -0.25) is 0 Å². The number of nitrogens with one attached hydrogen (secondary N) is 2. The van der Waals surface area contributed by atoms with E-state index in [1.165, 1.54) is 18.2 Å². The van der Waals surface area contributed by atoms with Crippen LogP contribution in [0.15, 0.2) is 24.3 Å². The molecule has 2 amide bonds. The average molecular weight is 302 g/mol. The zero-order chi connectivity index (χ0) is 15.5. The minimum Gasteiger partial charge on any atom is -0.376 e. The highest BCUT2D eigenvalue weighted by atomic mass is 19.4. The summed E-state index contributed by atoms with van der Waals surface area (Å²) in [6, 6.07) is 3.94. The van der Waals surface area contributed by atoms with Gasteiger partial charge in [0.05, 0.1) is 23.4 Å². The predicted octanol–water partition coefficient (Wildman–Crippen LogP) is 3.39. The first kappa shape index (κ1) is 15.6. The number of hydrogen-bond donors (Lipinski definition) is 2. The molecule has 0 bridgehead atoms. The highest BCUT2D eigenvalue weighted by Crippen LogP contribution is 2.34. The number of carbonyl (C=O) groups is 1. The summed E-state index contributed by atoms with van der Waals surface area (Å²) >= 11 is 0. The summed E-state index contributed by atoms with van der Waals surface area (Å²) < 4.78 is 43.9. The fourth-order valence-electron chi connectivity index (χ4n) is 2.29. The van der Waals surface area contributed by atoms with Crippen LogP contribution in [0, 0.1) is 0 Å². The van der Waals surface area contributed by atoms with Gasteiger partial charge in [0.15, 0.2) is 0 Å². The summed E-state index contributed by atoms with van der Waals surface area (Å²) in [6.07, 6.45) is -2.84. The molecule has 0 aromatic heterocycles. The molecule has 0 saturated carbocycles. The summed E-state index contributed by atoms with van der Waals surface area (Å²) in [5, 5.41) is 4.85. The number of carbonyl (C=O) groups excluding carboxylic acids is 1. The Bertz CT molecular complexity index is 499. The molecule has 21 heavy (non-hydrogen) atoms. The Morgan fingerprint density at radius 1 is 1.38 bits per heavy atom. The van der Waals surface area contributed by atoms with Crippen molar-refractivity contribution < 1.29 is 22.7 Å². The third-order valence-electron chi connectivity index (χ3n) is 3.36. The van der Waals surface area contributed by atoms with Crippen molar-refractivity contribution in [1.29, 1.82) is 0 Å². The number of ether oxygens (including phenoxy) is 1. The highest BCUT2D eigenvalue weighted by molar-refractivity contribution is 5.90. The second-order valence-electron chi connectivity index (χ2n) is 4.98. The molecule has 4 nitrogen and oxygen atoms in total. The summed E-state index contributed by atoms with van der Waals surface area (Å²) in [4.78, 5) is 11.8. The van der Waals surface area contributed by atoms with Gasteiger partial charge in [-0.05, 0) is 31.9 Å². The summed E-state index contributed by atoms with van der Waals surface area (Å²) in [5.41, 5.74) is -1.13. The van der Waals surface area contributed by atoms with Crippen LogP contribution in [0.25, 0.3) is 0 Å². The van der Waals surface area contributed by atoms with E-state index < -0.39 is 17.8 Å². The SMILES string of the molecule is C[C@@H](NC(=O)Nc1ccccc1C(F)(F)F)[C@@H]1CCCO1. The maximum atomic E-state index is 12.8. The fourth-order valence-corrected chi connectivity index (χ4v) is 2.29. The molecule has 2 N–H and O–H groups in total. The summed E-state index contributed by atoms with van der Waals surface area (Å²) in [7, 11) is 0. The Morgan fingerprint density at radius 3 is 2.71 bits per heavy atom. The van der Waals surface area contributed by atoms with Gasteiger partial charge in [-0.1, -0.05) is 12.1 Å². The van der Waals surface area contributed by atoms with E-state index in [9.17, 15) is 18.0 Å². The second kappa shape index (κ2) is 6.34. The smallest absolute Gasteiger partial charge is 0.376 e. The number of para-hydroxylation sites is 1. The van der Waals surface area contributed by atoms with Crippen molar-refractivity contribution in [3.05, 3.63) is 29.8 Å². The molecule has 0 spiro atoms. The van der Waals surface area contributed by atoms with E-state index in [0.717, 1.165) is 18.9 Å². The van der Waals surface area contributed by atoms with Crippen LogP contribution in [0.1, 0.15) is 25.3 Å². The van der Waals surface area contributed by atoms with Gasteiger partial charge in [0.2, 0.25) is 0 Å². The number of rotatable bonds is 3.